The van der Waals surface area contributed by atoms with Crippen LogP contribution in [0.5, 0.6) is 11.5 Å². The lowest BCUT2D eigenvalue weighted by Gasteiger charge is -2.15. The zero-order valence-corrected chi connectivity index (χ0v) is 20.0. The molecule has 3 aromatic rings. The number of hydrogen-bond acceptors (Lipinski definition) is 6. The third kappa shape index (κ3) is 6.03. The number of hydrogen-bond donors (Lipinski definition) is 1. The van der Waals surface area contributed by atoms with Gasteiger partial charge in [-0.25, -0.2) is 0 Å². The van der Waals surface area contributed by atoms with Crippen molar-refractivity contribution in [1.29, 1.82) is 0 Å². The van der Waals surface area contributed by atoms with Gasteiger partial charge in [0.25, 0.3) is 0 Å². The lowest BCUT2D eigenvalue weighted by Crippen LogP contribution is -2.15. The summed E-state index contributed by atoms with van der Waals surface area (Å²) in [6.45, 7) is 9.39. The molecule has 0 spiro atoms. The lowest BCUT2D eigenvalue weighted by molar-refractivity contribution is -0.113. The monoisotopic (exact) mass is 454 g/mol. The van der Waals surface area contributed by atoms with E-state index < -0.39 is 0 Å². The van der Waals surface area contributed by atoms with Crippen molar-refractivity contribution in [2.45, 2.75) is 51.9 Å². The molecule has 1 amide bonds. The number of methoxy groups -OCH3 is 1. The average Bonchev–Trinajstić information content (AvgIpc) is 3.18. The molecule has 0 radical (unpaired) electrons. The maximum Gasteiger partial charge on any atom is 0.234 e. The molecule has 8 heteroatoms. The van der Waals surface area contributed by atoms with Gasteiger partial charge >= 0.3 is 0 Å². The van der Waals surface area contributed by atoms with Gasteiger partial charge in [-0.05, 0) is 49.1 Å². The molecule has 0 aliphatic heterocycles. The summed E-state index contributed by atoms with van der Waals surface area (Å²) in [6, 6.07) is 13.5. The SMILES string of the molecule is CCn1c(COc2cc(C)ccc2C(C)C)nnc1SCC(=O)Nc1cccc(OC)c1. The molecule has 3 rings (SSSR count). The molecule has 0 atom stereocenters. The van der Waals surface area contributed by atoms with Gasteiger partial charge in [-0.15, -0.1) is 10.2 Å². The number of rotatable bonds is 10. The number of anilines is 1. The highest BCUT2D eigenvalue weighted by Gasteiger charge is 2.15. The summed E-state index contributed by atoms with van der Waals surface area (Å²) in [7, 11) is 1.60. The number of nitrogens with one attached hydrogen (secondary N) is 1. The number of carbonyl (C=O) groups is 1. The topological polar surface area (TPSA) is 78.3 Å². The van der Waals surface area contributed by atoms with Gasteiger partial charge in [-0.1, -0.05) is 43.8 Å². The van der Waals surface area contributed by atoms with E-state index in [4.69, 9.17) is 9.47 Å². The predicted octanol–water partition coefficient (Wildman–Crippen LogP) is 5.05. The molecule has 0 unspecified atom stereocenters. The number of aryl methyl sites for hydroxylation is 1. The summed E-state index contributed by atoms with van der Waals surface area (Å²) >= 11 is 1.35. The Labute approximate surface area is 193 Å². The van der Waals surface area contributed by atoms with Crippen molar-refractivity contribution < 1.29 is 14.3 Å². The zero-order valence-electron chi connectivity index (χ0n) is 19.2. The largest absolute Gasteiger partial charge is 0.497 e. The Balaban J connectivity index is 1.62. The van der Waals surface area contributed by atoms with Crippen LogP contribution in [-0.4, -0.2) is 33.5 Å². The second kappa shape index (κ2) is 11.0. The first kappa shape index (κ1) is 23.7. The Bertz CT molecular complexity index is 1070. The van der Waals surface area contributed by atoms with Crippen molar-refractivity contribution in [1.82, 2.24) is 14.8 Å². The fourth-order valence-electron chi connectivity index (χ4n) is 3.26. The van der Waals surface area contributed by atoms with Crippen LogP contribution in [0.3, 0.4) is 0 Å². The summed E-state index contributed by atoms with van der Waals surface area (Å²) in [4.78, 5) is 12.4. The van der Waals surface area contributed by atoms with E-state index in [0.717, 1.165) is 17.1 Å². The molecule has 0 bridgehead atoms. The van der Waals surface area contributed by atoms with Crippen LogP contribution >= 0.6 is 11.8 Å². The highest BCUT2D eigenvalue weighted by molar-refractivity contribution is 7.99. The molecule has 0 aliphatic carbocycles. The van der Waals surface area contributed by atoms with Crippen molar-refractivity contribution in [3.63, 3.8) is 0 Å². The van der Waals surface area contributed by atoms with Gasteiger partial charge in [-0.2, -0.15) is 0 Å². The van der Waals surface area contributed by atoms with Gasteiger partial charge in [0.15, 0.2) is 11.0 Å². The van der Waals surface area contributed by atoms with Crippen LogP contribution in [0.25, 0.3) is 0 Å². The molecule has 1 heterocycles. The van der Waals surface area contributed by atoms with Crippen molar-refractivity contribution in [2.75, 3.05) is 18.2 Å². The molecule has 2 aromatic carbocycles. The van der Waals surface area contributed by atoms with Crippen LogP contribution < -0.4 is 14.8 Å². The fourth-order valence-corrected chi connectivity index (χ4v) is 4.09. The minimum atomic E-state index is -0.118. The molecule has 0 saturated carbocycles. The van der Waals surface area contributed by atoms with Crippen molar-refractivity contribution >= 4 is 23.4 Å². The Morgan fingerprint density at radius 3 is 2.72 bits per heavy atom. The zero-order chi connectivity index (χ0) is 23.1. The Morgan fingerprint density at radius 2 is 2.00 bits per heavy atom. The quantitative estimate of drug-likeness (QED) is 0.432. The van der Waals surface area contributed by atoms with E-state index in [1.165, 1.54) is 17.3 Å². The third-order valence-corrected chi connectivity index (χ3v) is 5.91. The smallest absolute Gasteiger partial charge is 0.234 e. The normalized spacial score (nSPS) is 10.9. The number of ether oxygens (including phenoxy) is 2. The van der Waals surface area contributed by atoms with E-state index in [9.17, 15) is 4.79 Å². The van der Waals surface area contributed by atoms with Crippen LogP contribution in [0.4, 0.5) is 5.69 Å². The average molecular weight is 455 g/mol. The first-order valence-corrected chi connectivity index (χ1v) is 11.6. The number of aromatic nitrogens is 3. The minimum absolute atomic E-state index is 0.118. The molecule has 0 fully saturated rings. The van der Waals surface area contributed by atoms with E-state index in [1.54, 1.807) is 13.2 Å². The van der Waals surface area contributed by atoms with E-state index in [1.807, 2.05) is 29.7 Å². The lowest BCUT2D eigenvalue weighted by atomic mass is 10.0. The van der Waals surface area contributed by atoms with E-state index in [-0.39, 0.29) is 11.7 Å². The summed E-state index contributed by atoms with van der Waals surface area (Å²) in [5.74, 6) is 2.78. The Morgan fingerprint density at radius 1 is 1.19 bits per heavy atom. The highest BCUT2D eigenvalue weighted by Crippen LogP contribution is 2.28. The van der Waals surface area contributed by atoms with Crippen molar-refractivity contribution in [3.05, 3.63) is 59.4 Å². The molecule has 1 aromatic heterocycles. The molecule has 7 nitrogen and oxygen atoms in total. The van der Waals surface area contributed by atoms with Crippen LogP contribution in [0.15, 0.2) is 47.6 Å². The first-order valence-electron chi connectivity index (χ1n) is 10.6. The number of nitrogens with zero attached hydrogens (tertiary/aromatic N) is 3. The van der Waals surface area contributed by atoms with Gasteiger partial charge in [0.2, 0.25) is 5.91 Å². The van der Waals surface area contributed by atoms with E-state index in [0.29, 0.717) is 35.7 Å². The number of thioether (sulfide) groups is 1. The third-order valence-electron chi connectivity index (χ3n) is 4.94. The van der Waals surface area contributed by atoms with Crippen LogP contribution in [0.2, 0.25) is 0 Å². The van der Waals surface area contributed by atoms with E-state index >= 15 is 0 Å². The molecule has 1 N–H and O–H groups in total. The second-order valence-electron chi connectivity index (χ2n) is 7.70. The maximum absolute atomic E-state index is 12.4. The maximum atomic E-state index is 12.4. The number of amides is 1. The molecular formula is C24H30N4O3S. The van der Waals surface area contributed by atoms with Gasteiger partial charge < -0.3 is 19.4 Å². The Kier molecular flexibility index (Phi) is 8.16. The number of carbonyl (C=O) groups excluding carboxylic acids is 1. The van der Waals surface area contributed by atoms with Gasteiger partial charge in [-0.3, -0.25) is 4.79 Å². The van der Waals surface area contributed by atoms with Gasteiger partial charge in [0.05, 0.1) is 12.9 Å². The standard InChI is InChI=1S/C24H30N4O3S/c1-6-28-22(14-31-21-12-17(4)10-11-20(21)16(2)3)26-27-24(28)32-15-23(29)25-18-8-7-9-19(13-18)30-5/h7-13,16H,6,14-15H2,1-5H3,(H,25,29). The minimum Gasteiger partial charge on any atom is -0.497 e. The van der Waals surface area contributed by atoms with Crippen LogP contribution in [0.1, 0.15) is 43.6 Å². The van der Waals surface area contributed by atoms with Gasteiger partial charge in [0, 0.05) is 18.3 Å². The molecule has 0 saturated heterocycles. The number of benzene rings is 2. The predicted molar refractivity (Wildman–Crippen MR) is 128 cm³/mol. The molecular weight excluding hydrogens is 424 g/mol. The van der Waals surface area contributed by atoms with Crippen molar-refractivity contribution in [2.24, 2.45) is 0 Å². The van der Waals surface area contributed by atoms with Crippen LogP contribution in [0, 0.1) is 6.92 Å². The first-order chi connectivity index (χ1) is 15.4. The highest BCUT2D eigenvalue weighted by atomic mass is 32.2. The summed E-state index contributed by atoms with van der Waals surface area (Å²) in [5, 5.41) is 12.2. The molecule has 170 valence electrons. The second-order valence-corrected chi connectivity index (χ2v) is 8.64. The fraction of sp³-hybridized carbons (Fsp3) is 0.375. The molecule has 0 aliphatic rings. The summed E-state index contributed by atoms with van der Waals surface area (Å²) in [5.41, 5.74) is 3.02. The van der Waals surface area contributed by atoms with Gasteiger partial charge in [0.1, 0.15) is 18.1 Å². The van der Waals surface area contributed by atoms with Crippen LogP contribution in [-0.2, 0) is 17.9 Å². The summed E-state index contributed by atoms with van der Waals surface area (Å²) < 4.78 is 13.3. The summed E-state index contributed by atoms with van der Waals surface area (Å²) in [6.07, 6.45) is 0. The molecule has 32 heavy (non-hydrogen) atoms. The Hall–Kier alpha value is -3.00. The van der Waals surface area contributed by atoms with Crippen molar-refractivity contribution in [3.8, 4) is 11.5 Å². The van der Waals surface area contributed by atoms with E-state index in [2.05, 4.69) is 54.5 Å².